The highest BCUT2D eigenvalue weighted by molar-refractivity contribution is 6.28. The molecule has 7 heteroatoms. The first-order valence-corrected chi connectivity index (χ1v) is 7.16. The summed E-state index contributed by atoms with van der Waals surface area (Å²) in [6.07, 6.45) is 3.32. The van der Waals surface area contributed by atoms with Crippen molar-refractivity contribution in [2.24, 2.45) is 5.92 Å². The molecule has 0 saturated carbocycles. The van der Waals surface area contributed by atoms with E-state index in [-0.39, 0.29) is 11.9 Å². The fourth-order valence-electron chi connectivity index (χ4n) is 2.69. The summed E-state index contributed by atoms with van der Waals surface area (Å²) in [6, 6.07) is 0. The quantitative estimate of drug-likeness (QED) is 0.891. The molecular weight excluding hydrogens is 266 g/mol. The molecule has 1 N–H and O–H groups in total. The van der Waals surface area contributed by atoms with E-state index < -0.39 is 0 Å². The molecule has 0 aliphatic carbocycles. The van der Waals surface area contributed by atoms with E-state index in [2.05, 4.69) is 24.8 Å². The Morgan fingerprint density at radius 2 is 1.74 bits per heavy atom. The number of hydrogen-bond acceptors (Lipinski definition) is 6. The zero-order valence-corrected chi connectivity index (χ0v) is 11.6. The molecule has 0 aromatic carbocycles. The molecule has 0 bridgehead atoms. The number of aromatic nitrogens is 3. The molecule has 19 heavy (non-hydrogen) atoms. The Kier molecular flexibility index (Phi) is 3.70. The van der Waals surface area contributed by atoms with Gasteiger partial charge in [0.05, 0.1) is 0 Å². The lowest BCUT2D eigenvalue weighted by Crippen LogP contribution is -2.26. The SMILES string of the molecule is OCC1CCN(c2nc(Cl)nc(N3CCCC3)n2)C1. The first-order chi connectivity index (χ1) is 9.26. The van der Waals surface area contributed by atoms with Gasteiger partial charge in [-0.05, 0) is 30.9 Å². The van der Waals surface area contributed by atoms with Crippen LogP contribution in [0.2, 0.25) is 5.28 Å². The zero-order chi connectivity index (χ0) is 13.2. The number of halogens is 1. The Morgan fingerprint density at radius 3 is 2.37 bits per heavy atom. The van der Waals surface area contributed by atoms with E-state index >= 15 is 0 Å². The molecule has 1 aromatic rings. The van der Waals surface area contributed by atoms with Gasteiger partial charge in [-0.2, -0.15) is 15.0 Å². The third kappa shape index (κ3) is 2.74. The normalized spacial score (nSPS) is 23.4. The second kappa shape index (κ2) is 5.46. The van der Waals surface area contributed by atoms with Crippen molar-refractivity contribution in [2.75, 3.05) is 42.6 Å². The Balaban J connectivity index is 1.81. The van der Waals surface area contributed by atoms with Gasteiger partial charge in [-0.15, -0.1) is 0 Å². The van der Waals surface area contributed by atoms with Crippen molar-refractivity contribution in [1.82, 2.24) is 15.0 Å². The molecule has 3 rings (SSSR count). The van der Waals surface area contributed by atoms with Gasteiger partial charge in [0.25, 0.3) is 0 Å². The number of hydrogen-bond donors (Lipinski definition) is 1. The van der Waals surface area contributed by atoms with E-state index in [0.29, 0.717) is 17.8 Å². The van der Waals surface area contributed by atoms with Crippen molar-refractivity contribution >= 4 is 23.5 Å². The molecule has 0 spiro atoms. The van der Waals surface area contributed by atoms with Crippen LogP contribution in [0.3, 0.4) is 0 Å². The minimum atomic E-state index is 0.217. The molecule has 0 amide bonds. The fourth-order valence-corrected chi connectivity index (χ4v) is 2.84. The van der Waals surface area contributed by atoms with Gasteiger partial charge in [-0.3, -0.25) is 0 Å². The van der Waals surface area contributed by atoms with Crippen LogP contribution in [0.4, 0.5) is 11.9 Å². The summed E-state index contributed by atoms with van der Waals surface area (Å²) in [4.78, 5) is 17.2. The zero-order valence-electron chi connectivity index (χ0n) is 10.8. The number of anilines is 2. The maximum atomic E-state index is 9.20. The van der Waals surface area contributed by atoms with Gasteiger partial charge in [0.15, 0.2) is 0 Å². The van der Waals surface area contributed by atoms with Crippen LogP contribution in [0.15, 0.2) is 0 Å². The van der Waals surface area contributed by atoms with Crippen LogP contribution >= 0.6 is 11.6 Å². The lowest BCUT2D eigenvalue weighted by Gasteiger charge is -2.20. The lowest BCUT2D eigenvalue weighted by atomic mass is 10.1. The van der Waals surface area contributed by atoms with Gasteiger partial charge in [0.2, 0.25) is 17.2 Å². The molecule has 1 unspecified atom stereocenters. The predicted molar refractivity (Wildman–Crippen MR) is 73.7 cm³/mol. The highest BCUT2D eigenvalue weighted by Gasteiger charge is 2.25. The summed E-state index contributed by atoms with van der Waals surface area (Å²) < 4.78 is 0. The summed E-state index contributed by atoms with van der Waals surface area (Å²) in [5, 5.41) is 9.45. The fraction of sp³-hybridized carbons (Fsp3) is 0.750. The number of aliphatic hydroxyl groups is 1. The van der Waals surface area contributed by atoms with Crippen LogP contribution in [-0.4, -0.2) is 52.8 Å². The largest absolute Gasteiger partial charge is 0.396 e. The topological polar surface area (TPSA) is 65.4 Å². The molecule has 2 saturated heterocycles. The van der Waals surface area contributed by atoms with E-state index in [4.69, 9.17) is 11.6 Å². The predicted octanol–water partition coefficient (Wildman–Crippen LogP) is 0.944. The van der Waals surface area contributed by atoms with Crippen LogP contribution in [0.5, 0.6) is 0 Å². The van der Waals surface area contributed by atoms with Crippen molar-refractivity contribution in [3.8, 4) is 0 Å². The van der Waals surface area contributed by atoms with E-state index in [9.17, 15) is 5.11 Å². The average molecular weight is 284 g/mol. The van der Waals surface area contributed by atoms with Gasteiger partial charge in [0.1, 0.15) is 0 Å². The van der Waals surface area contributed by atoms with E-state index in [1.54, 1.807) is 0 Å². The minimum Gasteiger partial charge on any atom is -0.396 e. The average Bonchev–Trinajstić information content (AvgIpc) is 3.09. The number of aliphatic hydroxyl groups excluding tert-OH is 1. The van der Waals surface area contributed by atoms with Gasteiger partial charge in [-0.25, -0.2) is 0 Å². The highest BCUT2D eigenvalue weighted by Crippen LogP contribution is 2.24. The minimum absolute atomic E-state index is 0.217. The van der Waals surface area contributed by atoms with Crippen molar-refractivity contribution < 1.29 is 5.11 Å². The molecule has 104 valence electrons. The van der Waals surface area contributed by atoms with Gasteiger partial charge in [-0.1, -0.05) is 0 Å². The smallest absolute Gasteiger partial charge is 0.231 e. The Bertz CT molecular complexity index is 452. The molecule has 3 heterocycles. The Labute approximate surface area is 117 Å². The maximum absolute atomic E-state index is 9.20. The van der Waals surface area contributed by atoms with E-state index in [1.807, 2.05) is 0 Å². The second-order valence-corrected chi connectivity index (χ2v) is 5.52. The summed E-state index contributed by atoms with van der Waals surface area (Å²) in [6.45, 7) is 3.84. The molecule has 1 atom stereocenters. The Hall–Kier alpha value is -1.14. The summed E-state index contributed by atoms with van der Waals surface area (Å²) in [5.74, 6) is 1.63. The molecule has 1 aromatic heterocycles. The van der Waals surface area contributed by atoms with Crippen LogP contribution in [0.1, 0.15) is 19.3 Å². The third-order valence-corrected chi connectivity index (χ3v) is 3.97. The van der Waals surface area contributed by atoms with Crippen molar-refractivity contribution in [2.45, 2.75) is 19.3 Å². The van der Waals surface area contributed by atoms with Crippen LogP contribution in [0, 0.1) is 5.92 Å². The first-order valence-electron chi connectivity index (χ1n) is 6.78. The molecule has 2 aliphatic rings. The van der Waals surface area contributed by atoms with Gasteiger partial charge >= 0.3 is 0 Å². The summed E-state index contributed by atoms with van der Waals surface area (Å²) in [7, 11) is 0. The van der Waals surface area contributed by atoms with Crippen molar-refractivity contribution in [3.63, 3.8) is 0 Å². The first kappa shape index (κ1) is 12.9. The standard InChI is InChI=1S/C12H18ClN5O/c13-10-14-11(17-4-1-2-5-17)16-12(15-10)18-6-3-9(7-18)8-19/h9,19H,1-8H2. The molecular formula is C12H18ClN5O. The summed E-state index contributed by atoms with van der Waals surface area (Å²) in [5.41, 5.74) is 0. The number of nitrogens with zero attached hydrogens (tertiary/aromatic N) is 5. The molecule has 2 aliphatic heterocycles. The van der Waals surface area contributed by atoms with Gasteiger partial charge < -0.3 is 14.9 Å². The van der Waals surface area contributed by atoms with Gasteiger partial charge in [0, 0.05) is 38.7 Å². The van der Waals surface area contributed by atoms with Crippen LogP contribution in [0.25, 0.3) is 0 Å². The van der Waals surface area contributed by atoms with E-state index in [0.717, 1.165) is 32.6 Å². The summed E-state index contributed by atoms with van der Waals surface area (Å²) >= 11 is 6.01. The molecule has 2 fully saturated rings. The van der Waals surface area contributed by atoms with Crippen molar-refractivity contribution in [1.29, 1.82) is 0 Å². The highest BCUT2D eigenvalue weighted by atomic mass is 35.5. The van der Waals surface area contributed by atoms with Crippen molar-refractivity contribution in [3.05, 3.63) is 5.28 Å². The third-order valence-electron chi connectivity index (χ3n) is 3.80. The molecule has 6 nitrogen and oxygen atoms in total. The number of rotatable bonds is 3. The maximum Gasteiger partial charge on any atom is 0.231 e. The van der Waals surface area contributed by atoms with Crippen LogP contribution in [-0.2, 0) is 0 Å². The lowest BCUT2D eigenvalue weighted by molar-refractivity contribution is 0.238. The van der Waals surface area contributed by atoms with Crippen LogP contribution < -0.4 is 9.80 Å². The van der Waals surface area contributed by atoms with E-state index in [1.165, 1.54) is 12.8 Å². The molecule has 0 radical (unpaired) electrons. The Morgan fingerprint density at radius 1 is 1.05 bits per heavy atom. The second-order valence-electron chi connectivity index (χ2n) is 5.18. The monoisotopic (exact) mass is 283 g/mol.